The quantitative estimate of drug-likeness (QED) is 0.382. The molecule has 0 aromatic rings. The van der Waals surface area contributed by atoms with Gasteiger partial charge in [-0.15, -0.1) is 23.9 Å². The van der Waals surface area contributed by atoms with Gasteiger partial charge in [-0.3, -0.25) is 0 Å². The predicted octanol–water partition coefficient (Wildman–Crippen LogP) is 1.88. The minimum absolute atomic E-state index is 0.279. The van der Waals surface area contributed by atoms with Gasteiger partial charge in [0.05, 0.1) is 0 Å². The normalized spacial score (nSPS) is 12.7. The Balaban J connectivity index is 3.23. The summed E-state index contributed by atoms with van der Waals surface area (Å²) < 4.78 is 0. The first-order chi connectivity index (χ1) is 3.35. The van der Waals surface area contributed by atoms with E-state index in [0.29, 0.717) is 5.88 Å². The Kier molecular flexibility index (Phi) is 3.93. The summed E-state index contributed by atoms with van der Waals surface area (Å²) in [5.74, 6) is 3.44. The van der Waals surface area contributed by atoms with Crippen LogP contribution in [0.2, 0.25) is 0 Å². The molecule has 0 heterocycles. The molecule has 0 spiro atoms. The van der Waals surface area contributed by atoms with Gasteiger partial charge in [-0.1, -0.05) is 6.92 Å². The topological polar surface area (TPSA) is 0 Å². The second-order valence-electron chi connectivity index (χ2n) is 1.43. The van der Waals surface area contributed by atoms with Crippen molar-refractivity contribution in [3.8, 4) is 12.3 Å². The minimum atomic E-state index is 0.279. The van der Waals surface area contributed by atoms with Crippen LogP contribution in [0.15, 0.2) is 0 Å². The minimum Gasteiger partial charge on any atom is -0.125 e. The van der Waals surface area contributed by atoms with Crippen LogP contribution in [0.3, 0.4) is 0 Å². The van der Waals surface area contributed by atoms with E-state index in [1.165, 1.54) is 0 Å². The summed E-state index contributed by atoms with van der Waals surface area (Å²) in [5.41, 5.74) is 0. The molecule has 0 rings (SSSR count). The number of rotatable bonds is 2. The van der Waals surface area contributed by atoms with Crippen molar-refractivity contribution in [1.82, 2.24) is 0 Å². The Hall–Kier alpha value is -0.150. The van der Waals surface area contributed by atoms with E-state index in [1.807, 2.05) is 6.92 Å². The molecule has 1 unspecified atom stereocenters. The summed E-state index contributed by atoms with van der Waals surface area (Å²) in [6, 6.07) is 0. The van der Waals surface area contributed by atoms with Crippen LogP contribution in [-0.2, 0) is 0 Å². The second-order valence-corrected chi connectivity index (χ2v) is 1.73. The second kappa shape index (κ2) is 4.02. The average Bonchev–Trinajstić information content (AvgIpc) is 1.72. The number of hydrogen-bond donors (Lipinski definition) is 0. The van der Waals surface area contributed by atoms with Crippen molar-refractivity contribution in [2.45, 2.75) is 13.3 Å². The molecule has 1 atom stereocenters. The zero-order valence-electron chi connectivity index (χ0n) is 4.45. The van der Waals surface area contributed by atoms with Crippen molar-refractivity contribution >= 4 is 11.6 Å². The SMILES string of the molecule is C#CC(CC)CCl. The van der Waals surface area contributed by atoms with Crippen molar-refractivity contribution in [1.29, 1.82) is 0 Å². The van der Waals surface area contributed by atoms with Crippen molar-refractivity contribution in [2.24, 2.45) is 5.92 Å². The van der Waals surface area contributed by atoms with E-state index in [1.54, 1.807) is 0 Å². The summed E-state index contributed by atoms with van der Waals surface area (Å²) in [4.78, 5) is 0. The Morgan fingerprint density at radius 3 is 2.43 bits per heavy atom. The van der Waals surface area contributed by atoms with Crippen LogP contribution in [0, 0.1) is 18.3 Å². The fourth-order valence-corrected chi connectivity index (χ4v) is 0.579. The fourth-order valence-electron chi connectivity index (χ4n) is 0.272. The molecular formula is C6H9Cl. The monoisotopic (exact) mass is 116 g/mol. The Labute approximate surface area is 49.9 Å². The van der Waals surface area contributed by atoms with Crippen LogP contribution in [0.5, 0.6) is 0 Å². The summed E-state index contributed by atoms with van der Waals surface area (Å²) in [5, 5.41) is 0. The third kappa shape index (κ3) is 2.53. The summed E-state index contributed by atoms with van der Waals surface area (Å²) in [7, 11) is 0. The highest BCUT2D eigenvalue weighted by molar-refractivity contribution is 6.18. The molecule has 0 bridgehead atoms. The van der Waals surface area contributed by atoms with Gasteiger partial charge in [0.25, 0.3) is 0 Å². The largest absolute Gasteiger partial charge is 0.125 e. The molecule has 0 aliphatic rings. The molecule has 0 saturated carbocycles. The maximum absolute atomic E-state index is 5.43. The first-order valence-electron chi connectivity index (χ1n) is 2.37. The molecule has 0 saturated heterocycles. The van der Waals surface area contributed by atoms with Crippen LogP contribution >= 0.6 is 11.6 Å². The smallest absolute Gasteiger partial charge is 0.0361 e. The molecule has 0 amide bonds. The lowest BCUT2D eigenvalue weighted by molar-refractivity contribution is 0.731. The third-order valence-electron chi connectivity index (χ3n) is 0.915. The Bertz CT molecular complexity index is 66.7. The highest BCUT2D eigenvalue weighted by Crippen LogP contribution is 2.00. The maximum Gasteiger partial charge on any atom is 0.0361 e. The van der Waals surface area contributed by atoms with E-state index in [-0.39, 0.29) is 5.92 Å². The zero-order chi connectivity index (χ0) is 5.70. The summed E-state index contributed by atoms with van der Waals surface area (Å²) >= 11 is 5.43. The molecule has 40 valence electrons. The zero-order valence-corrected chi connectivity index (χ0v) is 5.20. The lowest BCUT2D eigenvalue weighted by atomic mass is 10.1. The molecule has 0 aliphatic carbocycles. The highest BCUT2D eigenvalue weighted by Gasteiger charge is 1.94. The number of halogens is 1. The van der Waals surface area contributed by atoms with Gasteiger partial charge in [0.1, 0.15) is 0 Å². The number of hydrogen-bond acceptors (Lipinski definition) is 0. The molecule has 0 nitrogen and oxygen atoms in total. The third-order valence-corrected chi connectivity index (χ3v) is 1.29. The molecule has 1 heteroatoms. The summed E-state index contributed by atoms with van der Waals surface area (Å²) in [6.07, 6.45) is 6.05. The molecule has 0 aromatic carbocycles. The van der Waals surface area contributed by atoms with Gasteiger partial charge in [0.2, 0.25) is 0 Å². The van der Waals surface area contributed by atoms with Gasteiger partial charge in [-0.05, 0) is 6.42 Å². The van der Waals surface area contributed by atoms with Crippen LogP contribution in [0.1, 0.15) is 13.3 Å². The van der Waals surface area contributed by atoms with Gasteiger partial charge in [-0.2, -0.15) is 0 Å². The van der Waals surface area contributed by atoms with E-state index in [4.69, 9.17) is 18.0 Å². The first kappa shape index (κ1) is 6.85. The van der Waals surface area contributed by atoms with E-state index in [2.05, 4.69) is 5.92 Å². The molecule has 0 aliphatic heterocycles. The van der Waals surface area contributed by atoms with Gasteiger partial charge < -0.3 is 0 Å². The standard InChI is InChI=1S/C6H9Cl/c1-3-6(4-2)5-7/h1,6H,4-5H2,2H3. The summed E-state index contributed by atoms with van der Waals surface area (Å²) in [6.45, 7) is 2.03. The average molecular weight is 117 g/mol. The molecule has 0 aromatic heterocycles. The van der Waals surface area contributed by atoms with Crippen LogP contribution in [0.4, 0.5) is 0 Å². The maximum atomic E-state index is 5.43. The Morgan fingerprint density at radius 1 is 1.86 bits per heavy atom. The number of terminal acetylenes is 1. The van der Waals surface area contributed by atoms with E-state index in [0.717, 1.165) is 6.42 Å². The van der Waals surface area contributed by atoms with Crippen LogP contribution in [-0.4, -0.2) is 5.88 Å². The van der Waals surface area contributed by atoms with E-state index >= 15 is 0 Å². The van der Waals surface area contributed by atoms with Gasteiger partial charge >= 0.3 is 0 Å². The van der Waals surface area contributed by atoms with Gasteiger partial charge in [-0.25, -0.2) is 0 Å². The number of alkyl halides is 1. The molecule has 7 heavy (non-hydrogen) atoms. The molecule has 0 radical (unpaired) electrons. The molecule has 0 fully saturated rings. The Morgan fingerprint density at radius 2 is 2.43 bits per heavy atom. The lowest BCUT2D eigenvalue weighted by Crippen LogP contribution is -1.93. The molecular weight excluding hydrogens is 108 g/mol. The fraction of sp³-hybridized carbons (Fsp3) is 0.667. The predicted molar refractivity (Wildman–Crippen MR) is 33.3 cm³/mol. The lowest BCUT2D eigenvalue weighted by Gasteiger charge is -1.96. The van der Waals surface area contributed by atoms with Crippen molar-refractivity contribution in [3.63, 3.8) is 0 Å². The van der Waals surface area contributed by atoms with Crippen molar-refractivity contribution in [3.05, 3.63) is 0 Å². The van der Waals surface area contributed by atoms with E-state index in [9.17, 15) is 0 Å². The van der Waals surface area contributed by atoms with E-state index < -0.39 is 0 Å². The van der Waals surface area contributed by atoms with Crippen LogP contribution < -0.4 is 0 Å². The van der Waals surface area contributed by atoms with Crippen molar-refractivity contribution in [2.75, 3.05) is 5.88 Å². The van der Waals surface area contributed by atoms with Gasteiger partial charge in [0, 0.05) is 11.8 Å². The van der Waals surface area contributed by atoms with Crippen LogP contribution in [0.25, 0.3) is 0 Å². The first-order valence-corrected chi connectivity index (χ1v) is 2.90. The highest BCUT2D eigenvalue weighted by atomic mass is 35.5. The van der Waals surface area contributed by atoms with Gasteiger partial charge in [0.15, 0.2) is 0 Å². The van der Waals surface area contributed by atoms with Crippen molar-refractivity contribution < 1.29 is 0 Å². The molecule has 0 N–H and O–H groups in total.